The third-order valence-corrected chi connectivity index (χ3v) is 3.64. The number of benzene rings is 1. The fourth-order valence-electron chi connectivity index (χ4n) is 2.44. The van der Waals surface area contributed by atoms with Crippen molar-refractivity contribution in [3.05, 3.63) is 29.3 Å². The molecule has 4 nitrogen and oxygen atoms in total. The molecule has 0 saturated heterocycles. The van der Waals surface area contributed by atoms with E-state index in [0.29, 0.717) is 6.42 Å². The van der Waals surface area contributed by atoms with E-state index < -0.39 is 0 Å². The lowest BCUT2D eigenvalue weighted by Crippen LogP contribution is -2.25. The second-order valence-corrected chi connectivity index (χ2v) is 5.60. The maximum Gasteiger partial charge on any atom is 0.231 e. The first kappa shape index (κ1) is 14.0. The van der Waals surface area contributed by atoms with Gasteiger partial charge in [-0.3, -0.25) is 4.79 Å². The Labute approximate surface area is 115 Å². The van der Waals surface area contributed by atoms with Crippen molar-refractivity contribution >= 4 is 11.6 Å². The van der Waals surface area contributed by atoms with Crippen molar-refractivity contribution in [3.8, 4) is 0 Å². The molecule has 1 atom stereocenters. The van der Waals surface area contributed by atoms with Crippen LogP contribution in [0.5, 0.6) is 0 Å². The normalized spacial score (nSPS) is 16.1. The number of anilines is 1. The summed E-state index contributed by atoms with van der Waals surface area (Å²) < 4.78 is 0. The molecule has 0 saturated carbocycles. The quantitative estimate of drug-likeness (QED) is 0.871. The summed E-state index contributed by atoms with van der Waals surface area (Å²) in [6, 6.07) is 6.55. The number of nitrogens with two attached hydrogens (primary N) is 1. The molecule has 0 aliphatic carbocycles. The predicted octanol–water partition coefficient (Wildman–Crippen LogP) is 1.37. The van der Waals surface area contributed by atoms with Gasteiger partial charge in [0, 0.05) is 25.3 Å². The second-order valence-electron chi connectivity index (χ2n) is 5.60. The van der Waals surface area contributed by atoms with Gasteiger partial charge in [0.1, 0.15) is 0 Å². The summed E-state index contributed by atoms with van der Waals surface area (Å²) >= 11 is 0. The maximum atomic E-state index is 11.6. The van der Waals surface area contributed by atoms with Crippen LogP contribution in [0.25, 0.3) is 0 Å². The Bertz CT molecular complexity index is 470. The van der Waals surface area contributed by atoms with Gasteiger partial charge in [-0.05, 0) is 44.1 Å². The smallest absolute Gasteiger partial charge is 0.231 e. The van der Waals surface area contributed by atoms with E-state index >= 15 is 0 Å². The number of rotatable bonds is 5. The Hall–Kier alpha value is -1.39. The number of hydrogen-bond donors (Lipinski definition) is 1. The maximum absolute atomic E-state index is 11.6. The van der Waals surface area contributed by atoms with Gasteiger partial charge in [0.15, 0.2) is 0 Å². The van der Waals surface area contributed by atoms with E-state index in [2.05, 4.69) is 30.1 Å². The number of nitrogens with zero attached hydrogens (tertiary/aromatic N) is 2. The number of fused-ring (bicyclic) bond motifs is 1. The highest BCUT2D eigenvalue weighted by Crippen LogP contribution is 2.28. The first-order valence-electron chi connectivity index (χ1n) is 6.80. The first-order chi connectivity index (χ1) is 8.97. The zero-order valence-electron chi connectivity index (χ0n) is 12.0. The number of carbonyl (C=O) groups is 1. The lowest BCUT2D eigenvalue weighted by molar-refractivity contribution is -0.117. The Morgan fingerprint density at radius 3 is 2.89 bits per heavy atom. The van der Waals surface area contributed by atoms with Gasteiger partial charge in [-0.1, -0.05) is 12.1 Å². The van der Waals surface area contributed by atoms with Gasteiger partial charge in [0.05, 0.1) is 6.42 Å². The summed E-state index contributed by atoms with van der Waals surface area (Å²) in [7, 11) is 3.94. The molecule has 0 aromatic heterocycles. The minimum Gasteiger partial charge on any atom is -0.328 e. The number of amides is 1. The van der Waals surface area contributed by atoms with Crippen molar-refractivity contribution < 1.29 is 4.79 Å². The summed E-state index contributed by atoms with van der Waals surface area (Å²) in [5.74, 6) is 0.178. The summed E-state index contributed by atoms with van der Waals surface area (Å²) in [6.45, 7) is 3.93. The molecule has 0 bridgehead atoms. The van der Waals surface area contributed by atoms with E-state index in [-0.39, 0.29) is 11.9 Å². The van der Waals surface area contributed by atoms with Crippen molar-refractivity contribution in [1.82, 2.24) is 4.90 Å². The van der Waals surface area contributed by atoms with Crippen LogP contribution in [-0.4, -0.2) is 37.5 Å². The SMILES string of the molecule is CC(N)CCN(C)Cc1ccc2c(c1)CC(=O)N2C. The van der Waals surface area contributed by atoms with Crippen LogP contribution >= 0.6 is 0 Å². The number of hydrogen-bond acceptors (Lipinski definition) is 3. The predicted molar refractivity (Wildman–Crippen MR) is 78.2 cm³/mol. The molecule has 0 spiro atoms. The van der Waals surface area contributed by atoms with Gasteiger partial charge >= 0.3 is 0 Å². The van der Waals surface area contributed by atoms with Crippen molar-refractivity contribution in [1.29, 1.82) is 0 Å². The Kier molecular flexibility index (Phi) is 4.22. The van der Waals surface area contributed by atoms with Crippen LogP contribution in [0, 0.1) is 0 Å². The number of carbonyl (C=O) groups excluding carboxylic acids is 1. The minimum absolute atomic E-state index is 0.178. The lowest BCUT2D eigenvalue weighted by atomic mass is 10.1. The molecule has 4 heteroatoms. The largest absolute Gasteiger partial charge is 0.328 e. The van der Waals surface area contributed by atoms with Gasteiger partial charge < -0.3 is 15.5 Å². The molecule has 0 fully saturated rings. The highest BCUT2D eigenvalue weighted by atomic mass is 16.2. The Morgan fingerprint density at radius 1 is 1.47 bits per heavy atom. The van der Waals surface area contributed by atoms with Gasteiger partial charge in [-0.15, -0.1) is 0 Å². The third-order valence-electron chi connectivity index (χ3n) is 3.64. The lowest BCUT2D eigenvalue weighted by Gasteiger charge is -2.18. The standard InChI is InChI=1S/C15H23N3O/c1-11(16)6-7-17(2)10-12-4-5-14-13(8-12)9-15(19)18(14)3/h4-5,8,11H,6-7,9-10,16H2,1-3H3. The van der Waals surface area contributed by atoms with Crippen LogP contribution in [0.15, 0.2) is 18.2 Å². The fourth-order valence-corrected chi connectivity index (χ4v) is 2.44. The molecule has 2 N–H and O–H groups in total. The molecule has 1 aromatic rings. The van der Waals surface area contributed by atoms with E-state index in [9.17, 15) is 4.79 Å². The topological polar surface area (TPSA) is 49.6 Å². The minimum atomic E-state index is 0.178. The molecule has 1 heterocycles. The van der Waals surface area contributed by atoms with E-state index in [1.807, 2.05) is 14.0 Å². The molecular weight excluding hydrogens is 238 g/mol. The van der Waals surface area contributed by atoms with Crippen molar-refractivity contribution in [2.24, 2.45) is 5.73 Å². The molecular formula is C15H23N3O. The van der Waals surface area contributed by atoms with Crippen molar-refractivity contribution in [3.63, 3.8) is 0 Å². The molecule has 1 amide bonds. The fraction of sp³-hybridized carbons (Fsp3) is 0.533. The van der Waals surface area contributed by atoms with Gasteiger partial charge in [0.2, 0.25) is 5.91 Å². The van der Waals surface area contributed by atoms with E-state index in [4.69, 9.17) is 5.73 Å². The second kappa shape index (κ2) is 5.72. The van der Waals surface area contributed by atoms with E-state index in [1.54, 1.807) is 4.90 Å². The molecule has 2 rings (SSSR count). The third kappa shape index (κ3) is 3.33. The Balaban J connectivity index is 2.00. The van der Waals surface area contributed by atoms with E-state index in [1.165, 1.54) is 5.56 Å². The highest BCUT2D eigenvalue weighted by Gasteiger charge is 2.23. The zero-order chi connectivity index (χ0) is 14.0. The van der Waals surface area contributed by atoms with Crippen LogP contribution in [0.3, 0.4) is 0 Å². The first-order valence-corrected chi connectivity index (χ1v) is 6.80. The highest BCUT2D eigenvalue weighted by molar-refractivity contribution is 6.00. The summed E-state index contributed by atoms with van der Waals surface area (Å²) in [6.07, 6.45) is 1.53. The van der Waals surface area contributed by atoms with Gasteiger partial charge in [-0.2, -0.15) is 0 Å². The number of likely N-dealkylation sites (N-methyl/N-ethyl adjacent to an activating group) is 1. The van der Waals surface area contributed by atoms with Crippen LogP contribution in [0.4, 0.5) is 5.69 Å². The average Bonchev–Trinajstić information content (AvgIpc) is 2.62. The van der Waals surface area contributed by atoms with E-state index in [0.717, 1.165) is 30.8 Å². The van der Waals surface area contributed by atoms with Crippen molar-refractivity contribution in [2.45, 2.75) is 32.4 Å². The molecule has 1 unspecified atom stereocenters. The molecule has 1 aliphatic rings. The van der Waals surface area contributed by atoms with Crippen LogP contribution in [0.1, 0.15) is 24.5 Å². The molecule has 0 radical (unpaired) electrons. The van der Waals surface area contributed by atoms with Crippen LogP contribution < -0.4 is 10.6 Å². The van der Waals surface area contributed by atoms with Gasteiger partial charge in [-0.25, -0.2) is 0 Å². The monoisotopic (exact) mass is 261 g/mol. The summed E-state index contributed by atoms with van der Waals surface area (Å²) in [4.78, 5) is 15.6. The molecule has 19 heavy (non-hydrogen) atoms. The summed E-state index contributed by atoms with van der Waals surface area (Å²) in [5, 5.41) is 0. The molecule has 1 aliphatic heterocycles. The molecule has 104 valence electrons. The summed E-state index contributed by atoms with van der Waals surface area (Å²) in [5.41, 5.74) is 9.22. The molecule has 1 aromatic carbocycles. The van der Waals surface area contributed by atoms with Crippen LogP contribution in [-0.2, 0) is 17.8 Å². The van der Waals surface area contributed by atoms with Crippen LogP contribution in [0.2, 0.25) is 0 Å². The zero-order valence-corrected chi connectivity index (χ0v) is 12.0. The van der Waals surface area contributed by atoms with Gasteiger partial charge in [0.25, 0.3) is 0 Å². The Morgan fingerprint density at radius 2 is 2.21 bits per heavy atom. The van der Waals surface area contributed by atoms with Crippen molar-refractivity contribution in [2.75, 3.05) is 25.5 Å². The average molecular weight is 261 g/mol.